The maximum atomic E-state index is 11.5. The number of hydrogen-bond acceptors (Lipinski definition) is 4. The van der Waals surface area contributed by atoms with Crippen LogP contribution in [0.4, 0.5) is 0 Å². The standard InChI is InChI=1S/C13H15N3O2S/c1-2-7-16-12(18)14-15-13(16)19-9-11-5-3-10(8-17)4-6-11/h2-6,17H,1,7-9H2,(H,14,18). The number of allylic oxidation sites excluding steroid dienone is 1. The van der Waals surface area contributed by atoms with Crippen LogP contribution in [0.1, 0.15) is 11.1 Å². The van der Waals surface area contributed by atoms with Gasteiger partial charge in [-0.2, -0.15) is 0 Å². The van der Waals surface area contributed by atoms with Gasteiger partial charge in [-0.25, -0.2) is 9.89 Å². The predicted molar refractivity (Wildman–Crippen MR) is 75.0 cm³/mol. The fourth-order valence-corrected chi connectivity index (χ4v) is 2.50. The lowest BCUT2D eigenvalue weighted by Gasteiger charge is -2.03. The summed E-state index contributed by atoms with van der Waals surface area (Å²) < 4.78 is 1.54. The Morgan fingerprint density at radius 1 is 1.37 bits per heavy atom. The Kier molecular flexibility index (Phi) is 4.59. The van der Waals surface area contributed by atoms with Crippen LogP contribution in [0.25, 0.3) is 0 Å². The van der Waals surface area contributed by atoms with E-state index in [1.54, 1.807) is 10.6 Å². The van der Waals surface area contributed by atoms with E-state index in [0.717, 1.165) is 11.1 Å². The van der Waals surface area contributed by atoms with E-state index in [-0.39, 0.29) is 12.3 Å². The van der Waals surface area contributed by atoms with E-state index in [0.29, 0.717) is 17.5 Å². The number of benzene rings is 1. The molecule has 0 aliphatic rings. The van der Waals surface area contributed by atoms with Crippen molar-refractivity contribution < 1.29 is 5.11 Å². The number of aromatic nitrogens is 3. The van der Waals surface area contributed by atoms with Crippen LogP contribution in [-0.4, -0.2) is 19.9 Å². The lowest BCUT2D eigenvalue weighted by molar-refractivity contribution is 0.282. The topological polar surface area (TPSA) is 70.9 Å². The lowest BCUT2D eigenvalue weighted by atomic mass is 10.2. The molecule has 0 bridgehead atoms. The summed E-state index contributed by atoms with van der Waals surface area (Å²) >= 11 is 1.48. The van der Waals surface area contributed by atoms with Crippen molar-refractivity contribution in [1.29, 1.82) is 0 Å². The molecule has 1 aromatic heterocycles. The van der Waals surface area contributed by atoms with Crippen LogP contribution >= 0.6 is 11.8 Å². The molecule has 0 atom stereocenters. The van der Waals surface area contributed by atoms with Crippen molar-refractivity contribution in [1.82, 2.24) is 14.8 Å². The molecule has 2 rings (SSSR count). The van der Waals surface area contributed by atoms with Crippen molar-refractivity contribution in [2.45, 2.75) is 24.1 Å². The van der Waals surface area contributed by atoms with Crippen molar-refractivity contribution in [2.75, 3.05) is 0 Å². The van der Waals surface area contributed by atoms with E-state index in [2.05, 4.69) is 16.8 Å². The third-order valence-electron chi connectivity index (χ3n) is 2.61. The lowest BCUT2D eigenvalue weighted by Crippen LogP contribution is -2.16. The Hall–Kier alpha value is -1.79. The smallest absolute Gasteiger partial charge is 0.344 e. The van der Waals surface area contributed by atoms with Crippen LogP contribution in [0.2, 0.25) is 0 Å². The van der Waals surface area contributed by atoms with Gasteiger partial charge in [0.1, 0.15) is 0 Å². The minimum absolute atomic E-state index is 0.0473. The fraction of sp³-hybridized carbons (Fsp3) is 0.231. The van der Waals surface area contributed by atoms with Gasteiger partial charge in [0, 0.05) is 12.3 Å². The van der Waals surface area contributed by atoms with E-state index in [9.17, 15) is 4.79 Å². The van der Waals surface area contributed by atoms with Crippen LogP contribution in [0.15, 0.2) is 46.9 Å². The first-order valence-electron chi connectivity index (χ1n) is 5.82. The molecule has 0 spiro atoms. The average Bonchev–Trinajstić information content (AvgIpc) is 2.79. The van der Waals surface area contributed by atoms with Gasteiger partial charge in [0.05, 0.1) is 6.61 Å². The van der Waals surface area contributed by atoms with Gasteiger partial charge in [-0.3, -0.25) is 4.57 Å². The van der Waals surface area contributed by atoms with Crippen molar-refractivity contribution in [3.05, 3.63) is 58.5 Å². The van der Waals surface area contributed by atoms with Crippen molar-refractivity contribution in [3.8, 4) is 0 Å². The molecule has 19 heavy (non-hydrogen) atoms. The maximum absolute atomic E-state index is 11.5. The third kappa shape index (κ3) is 3.36. The quantitative estimate of drug-likeness (QED) is 0.620. The van der Waals surface area contributed by atoms with Crippen molar-refractivity contribution in [2.24, 2.45) is 0 Å². The maximum Gasteiger partial charge on any atom is 0.344 e. The minimum atomic E-state index is -0.224. The van der Waals surface area contributed by atoms with Crippen LogP contribution in [0.3, 0.4) is 0 Å². The molecule has 1 aromatic carbocycles. The Labute approximate surface area is 115 Å². The molecule has 0 aliphatic carbocycles. The van der Waals surface area contributed by atoms with Crippen molar-refractivity contribution >= 4 is 11.8 Å². The zero-order valence-electron chi connectivity index (χ0n) is 10.4. The van der Waals surface area contributed by atoms with E-state index in [4.69, 9.17) is 5.11 Å². The molecule has 0 saturated heterocycles. The largest absolute Gasteiger partial charge is 0.392 e. The van der Waals surface area contributed by atoms with Gasteiger partial charge in [-0.05, 0) is 11.1 Å². The number of thioether (sulfide) groups is 1. The predicted octanol–water partition coefficient (Wildman–Crippen LogP) is 1.54. The number of aromatic amines is 1. The molecular formula is C13H15N3O2S. The second-order valence-electron chi connectivity index (χ2n) is 3.97. The van der Waals surface area contributed by atoms with E-state index in [1.807, 2.05) is 24.3 Å². The summed E-state index contributed by atoms with van der Waals surface area (Å²) in [6.45, 7) is 4.11. The summed E-state index contributed by atoms with van der Waals surface area (Å²) in [5, 5.41) is 16.0. The SMILES string of the molecule is C=CCn1c(SCc2ccc(CO)cc2)n[nH]c1=O. The summed E-state index contributed by atoms with van der Waals surface area (Å²) in [5.74, 6) is 0.715. The monoisotopic (exact) mass is 277 g/mol. The highest BCUT2D eigenvalue weighted by atomic mass is 32.2. The zero-order valence-corrected chi connectivity index (χ0v) is 11.2. The Bertz CT molecular complexity index is 601. The van der Waals surface area contributed by atoms with Gasteiger partial charge in [-0.15, -0.1) is 11.7 Å². The third-order valence-corrected chi connectivity index (χ3v) is 3.66. The molecule has 5 nitrogen and oxygen atoms in total. The van der Waals surface area contributed by atoms with Gasteiger partial charge in [-0.1, -0.05) is 42.1 Å². The first kappa shape index (κ1) is 13.6. The molecule has 0 saturated carbocycles. The van der Waals surface area contributed by atoms with Gasteiger partial charge in [0.25, 0.3) is 0 Å². The van der Waals surface area contributed by atoms with Crippen LogP contribution in [0.5, 0.6) is 0 Å². The summed E-state index contributed by atoms with van der Waals surface area (Å²) in [6.07, 6.45) is 1.66. The second kappa shape index (κ2) is 6.40. The van der Waals surface area contributed by atoms with Gasteiger partial charge >= 0.3 is 5.69 Å². The minimum Gasteiger partial charge on any atom is -0.392 e. The fourth-order valence-electron chi connectivity index (χ4n) is 1.59. The molecule has 0 unspecified atom stereocenters. The number of nitrogens with one attached hydrogen (secondary N) is 1. The second-order valence-corrected chi connectivity index (χ2v) is 4.92. The Balaban J connectivity index is 2.05. The first-order chi connectivity index (χ1) is 9.24. The summed E-state index contributed by atoms with van der Waals surface area (Å²) in [4.78, 5) is 11.5. The number of aliphatic hydroxyl groups excluding tert-OH is 1. The highest BCUT2D eigenvalue weighted by Gasteiger charge is 2.07. The zero-order chi connectivity index (χ0) is 13.7. The van der Waals surface area contributed by atoms with Gasteiger partial charge in [0.15, 0.2) is 5.16 Å². The van der Waals surface area contributed by atoms with E-state index >= 15 is 0 Å². The van der Waals surface area contributed by atoms with E-state index in [1.165, 1.54) is 11.8 Å². The molecule has 2 N–H and O–H groups in total. The van der Waals surface area contributed by atoms with Crippen LogP contribution in [-0.2, 0) is 18.9 Å². The Morgan fingerprint density at radius 3 is 2.68 bits per heavy atom. The number of H-pyrrole nitrogens is 1. The number of hydrogen-bond donors (Lipinski definition) is 2. The normalized spacial score (nSPS) is 10.6. The molecule has 0 fully saturated rings. The molecule has 6 heteroatoms. The molecule has 0 amide bonds. The van der Waals surface area contributed by atoms with Gasteiger partial charge < -0.3 is 5.11 Å². The molecule has 100 valence electrons. The molecule has 1 heterocycles. The molecular weight excluding hydrogens is 262 g/mol. The number of aliphatic hydroxyl groups is 1. The summed E-state index contributed by atoms with van der Waals surface area (Å²) in [5.41, 5.74) is 1.78. The Morgan fingerprint density at radius 2 is 2.05 bits per heavy atom. The summed E-state index contributed by atoms with van der Waals surface area (Å²) in [7, 11) is 0. The average molecular weight is 277 g/mol. The van der Waals surface area contributed by atoms with Crippen molar-refractivity contribution in [3.63, 3.8) is 0 Å². The summed E-state index contributed by atoms with van der Waals surface area (Å²) in [6, 6.07) is 7.69. The highest BCUT2D eigenvalue weighted by molar-refractivity contribution is 7.98. The highest BCUT2D eigenvalue weighted by Crippen LogP contribution is 2.19. The first-order valence-corrected chi connectivity index (χ1v) is 6.80. The van der Waals surface area contributed by atoms with Gasteiger partial charge in [0.2, 0.25) is 0 Å². The molecule has 0 radical (unpaired) electrons. The number of rotatable bonds is 6. The van der Waals surface area contributed by atoms with Crippen LogP contribution < -0.4 is 5.69 Å². The molecule has 2 aromatic rings. The van der Waals surface area contributed by atoms with Crippen LogP contribution in [0, 0.1) is 0 Å². The number of nitrogens with zero attached hydrogens (tertiary/aromatic N) is 2. The molecule has 0 aliphatic heterocycles. The van der Waals surface area contributed by atoms with E-state index < -0.39 is 0 Å².